The summed E-state index contributed by atoms with van der Waals surface area (Å²) in [7, 11) is 2.15. The van der Waals surface area contributed by atoms with Crippen LogP contribution in [0.4, 0.5) is 0 Å². The van der Waals surface area contributed by atoms with Crippen molar-refractivity contribution < 1.29 is 4.52 Å². The van der Waals surface area contributed by atoms with E-state index in [2.05, 4.69) is 27.0 Å². The molecule has 1 aliphatic heterocycles. The SMILES string of the molecule is CN(CCN1C[C@H]2CC[C@@H]1C2)Cc1cc(-c2ccccn2)no1. The summed E-state index contributed by atoms with van der Waals surface area (Å²) in [6, 6.07) is 8.68. The minimum absolute atomic E-state index is 0.793. The largest absolute Gasteiger partial charge is 0.359 e. The molecule has 2 fully saturated rings. The number of piperidine rings is 1. The third kappa shape index (κ3) is 3.31. The van der Waals surface area contributed by atoms with Gasteiger partial charge in [0.1, 0.15) is 5.69 Å². The van der Waals surface area contributed by atoms with E-state index in [0.717, 1.165) is 42.2 Å². The Bertz CT molecular complexity index is 641. The Hall–Kier alpha value is -1.72. The molecule has 0 amide bonds. The molecule has 2 aliphatic rings. The van der Waals surface area contributed by atoms with E-state index in [1.807, 2.05) is 24.3 Å². The molecule has 1 aliphatic carbocycles. The van der Waals surface area contributed by atoms with Crippen molar-refractivity contribution in [3.8, 4) is 11.4 Å². The van der Waals surface area contributed by atoms with E-state index in [1.165, 1.54) is 32.4 Å². The van der Waals surface area contributed by atoms with Crippen LogP contribution in [0.5, 0.6) is 0 Å². The number of fused-ring (bicyclic) bond motifs is 2. The number of hydrogen-bond acceptors (Lipinski definition) is 5. The molecule has 0 spiro atoms. The molecule has 4 rings (SSSR count). The second-order valence-corrected chi connectivity index (χ2v) is 6.96. The van der Waals surface area contributed by atoms with Crippen LogP contribution >= 0.6 is 0 Å². The summed E-state index contributed by atoms with van der Waals surface area (Å²) in [4.78, 5) is 9.29. The average molecular weight is 312 g/mol. The van der Waals surface area contributed by atoms with Crippen molar-refractivity contribution >= 4 is 0 Å². The molecule has 5 heteroatoms. The minimum Gasteiger partial charge on any atom is -0.359 e. The quantitative estimate of drug-likeness (QED) is 0.820. The Morgan fingerprint density at radius 1 is 1.30 bits per heavy atom. The Morgan fingerprint density at radius 2 is 2.26 bits per heavy atom. The summed E-state index contributed by atoms with van der Waals surface area (Å²) in [5.74, 6) is 1.87. The van der Waals surface area contributed by atoms with Crippen molar-refractivity contribution in [2.45, 2.75) is 31.8 Å². The molecule has 2 aromatic rings. The molecule has 0 unspecified atom stereocenters. The number of hydrogen-bond donors (Lipinski definition) is 0. The zero-order valence-corrected chi connectivity index (χ0v) is 13.7. The molecular weight excluding hydrogens is 288 g/mol. The van der Waals surface area contributed by atoms with Crippen LogP contribution in [0.15, 0.2) is 35.0 Å². The van der Waals surface area contributed by atoms with Gasteiger partial charge < -0.3 is 4.52 Å². The van der Waals surface area contributed by atoms with Gasteiger partial charge in [-0.15, -0.1) is 0 Å². The fourth-order valence-corrected chi connectivity index (χ4v) is 3.97. The van der Waals surface area contributed by atoms with Gasteiger partial charge in [0.15, 0.2) is 5.76 Å². The minimum atomic E-state index is 0.793. The van der Waals surface area contributed by atoms with E-state index in [0.29, 0.717) is 0 Å². The first kappa shape index (κ1) is 14.8. The first-order valence-corrected chi connectivity index (χ1v) is 8.57. The summed E-state index contributed by atoms with van der Waals surface area (Å²) in [6.07, 6.45) is 6.06. The molecule has 0 radical (unpaired) electrons. The first-order valence-electron chi connectivity index (χ1n) is 8.57. The van der Waals surface area contributed by atoms with Crippen molar-refractivity contribution in [1.82, 2.24) is 19.9 Å². The predicted molar refractivity (Wildman–Crippen MR) is 88.8 cm³/mol. The molecule has 23 heavy (non-hydrogen) atoms. The van der Waals surface area contributed by atoms with E-state index >= 15 is 0 Å². The van der Waals surface area contributed by atoms with Gasteiger partial charge >= 0.3 is 0 Å². The maximum atomic E-state index is 5.47. The zero-order valence-electron chi connectivity index (χ0n) is 13.7. The third-order valence-corrected chi connectivity index (χ3v) is 5.20. The molecule has 5 nitrogen and oxygen atoms in total. The third-order valence-electron chi connectivity index (χ3n) is 5.20. The molecule has 2 atom stereocenters. The van der Waals surface area contributed by atoms with E-state index in [9.17, 15) is 0 Å². The first-order chi connectivity index (χ1) is 11.3. The molecular formula is C18H24N4O. The molecule has 3 heterocycles. The number of rotatable bonds is 6. The molecule has 0 aromatic carbocycles. The van der Waals surface area contributed by atoms with Gasteiger partial charge in [-0.1, -0.05) is 11.2 Å². The summed E-state index contributed by atoms with van der Waals surface area (Å²) >= 11 is 0. The normalized spacial score (nSPS) is 23.9. The second-order valence-electron chi connectivity index (χ2n) is 6.96. The highest BCUT2D eigenvalue weighted by atomic mass is 16.5. The maximum absolute atomic E-state index is 5.47. The topological polar surface area (TPSA) is 45.4 Å². The van der Waals surface area contributed by atoms with Crippen molar-refractivity contribution in [3.05, 3.63) is 36.2 Å². The van der Waals surface area contributed by atoms with Crippen LogP contribution < -0.4 is 0 Å². The van der Waals surface area contributed by atoms with Crippen molar-refractivity contribution in [1.29, 1.82) is 0 Å². The molecule has 122 valence electrons. The van der Waals surface area contributed by atoms with E-state index in [4.69, 9.17) is 4.52 Å². The van der Waals surface area contributed by atoms with Crippen LogP contribution in [0.2, 0.25) is 0 Å². The fraction of sp³-hybridized carbons (Fsp3) is 0.556. The summed E-state index contributed by atoms with van der Waals surface area (Å²) in [5, 5.41) is 4.13. The number of pyridine rings is 1. The van der Waals surface area contributed by atoms with Gasteiger partial charge in [-0.2, -0.15) is 0 Å². The lowest BCUT2D eigenvalue weighted by Gasteiger charge is -2.28. The standard InChI is InChI=1S/C18H24N4O/c1-21(8-9-22-12-14-5-6-15(22)10-14)13-16-11-18(20-23-16)17-4-2-3-7-19-17/h2-4,7,11,14-15H,5-6,8-10,12-13H2,1H3/t14-,15+/m0/s1. The van der Waals surface area contributed by atoms with Gasteiger partial charge in [0.05, 0.1) is 12.2 Å². The number of likely N-dealkylation sites (N-methyl/N-ethyl adjacent to an activating group) is 1. The molecule has 0 N–H and O–H groups in total. The monoisotopic (exact) mass is 312 g/mol. The number of aromatic nitrogens is 2. The van der Waals surface area contributed by atoms with E-state index in [-0.39, 0.29) is 0 Å². The second kappa shape index (κ2) is 6.42. The zero-order chi connectivity index (χ0) is 15.6. The Labute approximate surface area is 137 Å². The Morgan fingerprint density at radius 3 is 3.00 bits per heavy atom. The van der Waals surface area contributed by atoms with Crippen LogP contribution in [-0.2, 0) is 6.54 Å². The highest BCUT2D eigenvalue weighted by Gasteiger charge is 2.37. The molecule has 1 saturated carbocycles. The highest BCUT2D eigenvalue weighted by Crippen LogP contribution is 2.36. The van der Waals surface area contributed by atoms with Gasteiger partial charge in [-0.05, 0) is 44.4 Å². The van der Waals surface area contributed by atoms with Gasteiger partial charge in [0, 0.05) is 37.9 Å². The molecule has 2 aromatic heterocycles. The van der Waals surface area contributed by atoms with Gasteiger partial charge in [-0.25, -0.2) is 0 Å². The lowest BCUT2D eigenvalue weighted by atomic mass is 10.1. The highest BCUT2D eigenvalue weighted by molar-refractivity contribution is 5.52. The smallest absolute Gasteiger partial charge is 0.151 e. The molecule has 1 saturated heterocycles. The maximum Gasteiger partial charge on any atom is 0.151 e. The lowest BCUT2D eigenvalue weighted by Crippen LogP contribution is -2.37. The van der Waals surface area contributed by atoms with Gasteiger partial charge in [0.25, 0.3) is 0 Å². The predicted octanol–water partition coefficient (Wildman–Crippen LogP) is 2.65. The van der Waals surface area contributed by atoms with Crippen LogP contribution in [0, 0.1) is 5.92 Å². The average Bonchev–Trinajstić information content (AvgIpc) is 3.30. The summed E-state index contributed by atoms with van der Waals surface area (Å²) in [6.45, 7) is 4.34. The van der Waals surface area contributed by atoms with Crippen LogP contribution in [0.25, 0.3) is 11.4 Å². The van der Waals surface area contributed by atoms with E-state index in [1.54, 1.807) is 6.20 Å². The number of likely N-dealkylation sites (tertiary alicyclic amines) is 1. The summed E-state index contributed by atoms with van der Waals surface area (Å²) < 4.78 is 5.47. The van der Waals surface area contributed by atoms with Crippen LogP contribution in [0.1, 0.15) is 25.0 Å². The Kier molecular flexibility index (Phi) is 4.14. The van der Waals surface area contributed by atoms with Gasteiger partial charge in [0.2, 0.25) is 0 Å². The Balaban J connectivity index is 1.29. The van der Waals surface area contributed by atoms with Crippen molar-refractivity contribution in [2.24, 2.45) is 5.92 Å². The van der Waals surface area contributed by atoms with Crippen molar-refractivity contribution in [2.75, 3.05) is 26.7 Å². The lowest BCUT2D eigenvalue weighted by molar-refractivity contribution is 0.176. The van der Waals surface area contributed by atoms with Gasteiger partial charge in [-0.3, -0.25) is 14.8 Å². The number of nitrogens with zero attached hydrogens (tertiary/aromatic N) is 4. The molecule has 2 bridgehead atoms. The summed E-state index contributed by atoms with van der Waals surface area (Å²) in [5.41, 5.74) is 1.67. The van der Waals surface area contributed by atoms with Crippen LogP contribution in [0.3, 0.4) is 0 Å². The fourth-order valence-electron chi connectivity index (χ4n) is 3.97. The van der Waals surface area contributed by atoms with Crippen molar-refractivity contribution in [3.63, 3.8) is 0 Å². The van der Waals surface area contributed by atoms with E-state index < -0.39 is 0 Å². The van der Waals surface area contributed by atoms with Crippen LogP contribution in [-0.4, -0.2) is 52.7 Å².